The first-order valence-electron chi connectivity index (χ1n) is 10.8. The number of carbonyl (C=O) groups is 1. The summed E-state index contributed by atoms with van der Waals surface area (Å²) in [6.45, 7) is 3.15. The highest BCUT2D eigenvalue weighted by Crippen LogP contribution is 2.24. The largest absolute Gasteiger partial charge is 0.353 e. The van der Waals surface area contributed by atoms with Crippen LogP contribution in [0.5, 0.6) is 0 Å². The lowest BCUT2D eigenvalue weighted by Gasteiger charge is -2.38. The fourth-order valence-corrected chi connectivity index (χ4v) is 4.66. The molecular formula is C23H33N5O. The van der Waals surface area contributed by atoms with Gasteiger partial charge in [0.15, 0.2) is 0 Å². The van der Waals surface area contributed by atoms with Crippen LogP contribution in [0.2, 0.25) is 0 Å². The lowest BCUT2D eigenvalue weighted by atomic mass is 10.0. The molecule has 156 valence electrons. The second-order valence-electron chi connectivity index (χ2n) is 8.45. The summed E-state index contributed by atoms with van der Waals surface area (Å²) in [5.74, 6) is 0.198. The molecule has 2 aliphatic rings. The predicted octanol–water partition coefficient (Wildman–Crippen LogP) is 2.10. The molecule has 1 aromatic heterocycles. The van der Waals surface area contributed by atoms with E-state index in [9.17, 15) is 4.79 Å². The van der Waals surface area contributed by atoms with Crippen LogP contribution in [-0.2, 0) is 18.3 Å². The number of aromatic nitrogens is 1. The van der Waals surface area contributed by atoms with Crippen LogP contribution < -0.4 is 10.9 Å². The zero-order valence-corrected chi connectivity index (χ0v) is 17.6. The van der Waals surface area contributed by atoms with Gasteiger partial charge >= 0.3 is 0 Å². The Kier molecular flexibility index (Phi) is 6.33. The number of hydrazine groups is 1. The van der Waals surface area contributed by atoms with Gasteiger partial charge in [-0.3, -0.25) is 4.79 Å². The first-order valence-corrected chi connectivity index (χ1v) is 10.8. The molecule has 0 saturated carbocycles. The minimum Gasteiger partial charge on any atom is -0.353 e. The average molecular weight is 396 g/mol. The Labute approximate surface area is 173 Å². The van der Waals surface area contributed by atoms with Crippen LogP contribution >= 0.6 is 0 Å². The van der Waals surface area contributed by atoms with Crippen LogP contribution in [0.25, 0.3) is 0 Å². The third-order valence-corrected chi connectivity index (χ3v) is 6.48. The Bertz CT molecular complexity index is 805. The maximum absolute atomic E-state index is 13.1. The molecule has 6 heteroatoms. The molecule has 2 aliphatic heterocycles. The van der Waals surface area contributed by atoms with E-state index >= 15 is 0 Å². The van der Waals surface area contributed by atoms with E-state index in [2.05, 4.69) is 56.7 Å². The van der Waals surface area contributed by atoms with E-state index in [0.29, 0.717) is 6.04 Å². The van der Waals surface area contributed by atoms with E-state index in [-0.39, 0.29) is 18.0 Å². The molecule has 2 fully saturated rings. The molecule has 0 spiro atoms. The number of nitrogens with one attached hydrogen (secondary N) is 2. The lowest BCUT2D eigenvalue weighted by molar-refractivity contribution is -0.135. The van der Waals surface area contributed by atoms with Crippen molar-refractivity contribution in [2.45, 2.75) is 43.8 Å². The second kappa shape index (κ2) is 9.11. The Morgan fingerprint density at radius 3 is 2.76 bits per heavy atom. The topological polar surface area (TPSA) is 52.5 Å². The van der Waals surface area contributed by atoms with Crippen molar-refractivity contribution in [3.8, 4) is 0 Å². The molecule has 2 N–H and O–H groups in total. The van der Waals surface area contributed by atoms with E-state index < -0.39 is 0 Å². The van der Waals surface area contributed by atoms with Gasteiger partial charge in [-0.25, -0.2) is 10.9 Å². The summed E-state index contributed by atoms with van der Waals surface area (Å²) < 4.78 is 2.11. The Morgan fingerprint density at radius 2 is 2.00 bits per heavy atom. The summed E-state index contributed by atoms with van der Waals surface area (Å²) >= 11 is 0. The molecule has 6 nitrogen and oxygen atoms in total. The number of nitrogens with zero attached hydrogens (tertiary/aromatic N) is 3. The molecule has 29 heavy (non-hydrogen) atoms. The van der Waals surface area contributed by atoms with Crippen molar-refractivity contribution >= 4 is 5.91 Å². The highest BCUT2D eigenvalue weighted by atomic mass is 16.2. The third-order valence-electron chi connectivity index (χ3n) is 6.48. The van der Waals surface area contributed by atoms with Crippen LogP contribution in [0.3, 0.4) is 0 Å². The summed E-state index contributed by atoms with van der Waals surface area (Å²) in [5, 5.41) is 0. The third kappa shape index (κ3) is 4.71. The minimum absolute atomic E-state index is 0.167. The van der Waals surface area contributed by atoms with E-state index in [1.807, 2.05) is 31.3 Å². The van der Waals surface area contributed by atoms with Gasteiger partial charge in [0.2, 0.25) is 5.91 Å². The lowest BCUT2D eigenvalue weighted by Crippen LogP contribution is -2.53. The van der Waals surface area contributed by atoms with Crippen molar-refractivity contribution in [2.24, 2.45) is 7.05 Å². The number of aryl methyl sites for hydroxylation is 1. The molecule has 0 radical (unpaired) electrons. The zero-order valence-electron chi connectivity index (χ0n) is 17.6. The normalized spacial score (nSPS) is 25.2. The number of hydrogen-bond donors (Lipinski definition) is 2. The SMILES string of the molecule is CN(C(=O)C1CC(c2cccn2C)NN1)C1CCCN(CCc2ccccc2)C1. The number of piperidine rings is 1. The highest BCUT2D eigenvalue weighted by molar-refractivity contribution is 5.82. The fraction of sp³-hybridized carbons (Fsp3) is 0.522. The van der Waals surface area contributed by atoms with Gasteiger partial charge in [-0.15, -0.1) is 0 Å². The number of amides is 1. The van der Waals surface area contributed by atoms with Crippen LogP contribution in [0.4, 0.5) is 0 Å². The summed E-state index contributed by atoms with van der Waals surface area (Å²) in [6, 6.07) is 15.1. The number of likely N-dealkylation sites (tertiary alicyclic amines) is 1. The Morgan fingerprint density at radius 1 is 1.17 bits per heavy atom. The van der Waals surface area contributed by atoms with E-state index in [1.54, 1.807) is 0 Å². The van der Waals surface area contributed by atoms with E-state index in [4.69, 9.17) is 0 Å². The molecule has 1 aromatic carbocycles. The van der Waals surface area contributed by atoms with Gasteiger partial charge in [0.1, 0.15) is 6.04 Å². The number of hydrogen-bond acceptors (Lipinski definition) is 4. The first-order chi connectivity index (χ1) is 14.1. The van der Waals surface area contributed by atoms with Gasteiger partial charge in [0.25, 0.3) is 0 Å². The molecular weight excluding hydrogens is 362 g/mol. The number of rotatable bonds is 6. The first kappa shape index (κ1) is 20.1. The van der Waals surface area contributed by atoms with Crippen LogP contribution in [0.1, 0.15) is 36.6 Å². The van der Waals surface area contributed by atoms with Gasteiger partial charge in [-0.05, 0) is 49.9 Å². The van der Waals surface area contributed by atoms with Crippen molar-refractivity contribution in [3.63, 3.8) is 0 Å². The van der Waals surface area contributed by atoms with Gasteiger partial charge in [-0.2, -0.15) is 0 Å². The molecule has 0 aliphatic carbocycles. The van der Waals surface area contributed by atoms with E-state index in [0.717, 1.165) is 45.3 Å². The van der Waals surface area contributed by atoms with Crippen LogP contribution in [-0.4, -0.2) is 59.0 Å². The standard InChI is InChI=1S/C23H33N5O/c1-26-13-7-11-22(26)20-16-21(25-24-20)23(29)27(2)19-10-6-14-28(17-19)15-12-18-8-4-3-5-9-18/h3-5,7-9,11,13,19-21,24-25H,6,10,12,14-17H2,1-2H3. The molecule has 3 unspecified atom stereocenters. The van der Waals surface area contributed by atoms with Crippen LogP contribution in [0, 0.1) is 0 Å². The van der Waals surface area contributed by atoms with Gasteiger partial charge < -0.3 is 14.4 Å². The van der Waals surface area contributed by atoms with Gasteiger partial charge in [0, 0.05) is 45.1 Å². The zero-order chi connectivity index (χ0) is 20.2. The van der Waals surface area contributed by atoms with Crippen molar-refractivity contribution < 1.29 is 4.79 Å². The monoisotopic (exact) mass is 395 g/mol. The van der Waals surface area contributed by atoms with Gasteiger partial charge in [0.05, 0.1) is 6.04 Å². The average Bonchev–Trinajstić information content (AvgIpc) is 3.41. The van der Waals surface area contributed by atoms with Crippen molar-refractivity contribution in [1.29, 1.82) is 0 Å². The second-order valence-corrected chi connectivity index (χ2v) is 8.45. The van der Waals surface area contributed by atoms with Gasteiger partial charge in [-0.1, -0.05) is 30.3 Å². The van der Waals surface area contributed by atoms with Crippen molar-refractivity contribution in [1.82, 2.24) is 25.2 Å². The Hall–Kier alpha value is -2.15. The number of benzene rings is 1. The predicted molar refractivity (Wildman–Crippen MR) is 115 cm³/mol. The molecule has 2 saturated heterocycles. The molecule has 3 heterocycles. The minimum atomic E-state index is -0.167. The van der Waals surface area contributed by atoms with E-state index in [1.165, 1.54) is 11.3 Å². The maximum Gasteiger partial charge on any atom is 0.241 e. The Balaban J connectivity index is 1.30. The molecule has 1 amide bonds. The van der Waals surface area contributed by atoms with Crippen LogP contribution in [0.15, 0.2) is 48.7 Å². The maximum atomic E-state index is 13.1. The molecule has 4 rings (SSSR count). The highest BCUT2D eigenvalue weighted by Gasteiger charge is 2.35. The summed E-state index contributed by atoms with van der Waals surface area (Å²) in [7, 11) is 4.02. The number of likely N-dealkylation sites (N-methyl/N-ethyl adjacent to an activating group) is 1. The fourth-order valence-electron chi connectivity index (χ4n) is 4.66. The molecule has 2 aromatic rings. The summed E-state index contributed by atoms with van der Waals surface area (Å²) in [5.41, 5.74) is 9.13. The summed E-state index contributed by atoms with van der Waals surface area (Å²) in [4.78, 5) is 17.6. The molecule has 3 atom stereocenters. The molecule has 0 bridgehead atoms. The number of carbonyl (C=O) groups excluding carboxylic acids is 1. The smallest absolute Gasteiger partial charge is 0.241 e. The quantitative estimate of drug-likeness (QED) is 0.787. The van der Waals surface area contributed by atoms with Crippen molar-refractivity contribution in [3.05, 3.63) is 59.9 Å². The summed E-state index contributed by atoms with van der Waals surface area (Å²) in [6.07, 6.45) is 6.14. The van der Waals surface area contributed by atoms with Crippen molar-refractivity contribution in [2.75, 3.05) is 26.7 Å².